The first-order chi connectivity index (χ1) is 8.40. The van der Waals surface area contributed by atoms with Crippen LogP contribution < -0.4 is 4.72 Å². The van der Waals surface area contributed by atoms with E-state index < -0.39 is 21.9 Å². The van der Waals surface area contributed by atoms with Crippen molar-refractivity contribution in [2.75, 3.05) is 5.75 Å². The number of sulfonamides is 1. The second-order valence-corrected chi connectivity index (χ2v) is 6.89. The van der Waals surface area contributed by atoms with Crippen LogP contribution in [0.15, 0.2) is 23.1 Å². The fourth-order valence-electron chi connectivity index (χ4n) is 1.55. The van der Waals surface area contributed by atoms with Crippen LogP contribution in [-0.4, -0.2) is 25.3 Å². The van der Waals surface area contributed by atoms with Gasteiger partial charge in [-0.1, -0.05) is 23.4 Å². The van der Waals surface area contributed by atoms with E-state index >= 15 is 0 Å². The number of rotatable bonds is 3. The van der Waals surface area contributed by atoms with Gasteiger partial charge in [0.2, 0.25) is 15.1 Å². The van der Waals surface area contributed by atoms with Gasteiger partial charge in [0, 0.05) is 5.75 Å². The standard InChI is InChI=1S/C10H9ClFNO3S2/c11-7-5-6(12)1-2-9(7)18(15,16)13-8-3-4-17-10(8)14/h1-2,5,8,13H,3-4H2. The van der Waals surface area contributed by atoms with Crippen molar-refractivity contribution >= 4 is 38.5 Å². The second kappa shape index (κ2) is 5.16. The number of halogens is 2. The van der Waals surface area contributed by atoms with Gasteiger partial charge in [0.15, 0.2) is 0 Å². The molecule has 8 heteroatoms. The zero-order chi connectivity index (χ0) is 13.3. The Morgan fingerprint density at radius 2 is 2.17 bits per heavy atom. The van der Waals surface area contributed by atoms with Gasteiger partial charge in [-0.15, -0.1) is 0 Å². The first-order valence-electron chi connectivity index (χ1n) is 5.04. The molecule has 2 rings (SSSR count). The number of thioether (sulfide) groups is 1. The maximum atomic E-state index is 12.8. The van der Waals surface area contributed by atoms with Crippen molar-refractivity contribution in [3.63, 3.8) is 0 Å². The van der Waals surface area contributed by atoms with E-state index in [0.717, 1.165) is 30.0 Å². The van der Waals surface area contributed by atoms with Crippen LogP contribution in [0.1, 0.15) is 6.42 Å². The lowest BCUT2D eigenvalue weighted by atomic mass is 10.3. The van der Waals surface area contributed by atoms with E-state index in [0.29, 0.717) is 12.2 Å². The average molecular weight is 310 g/mol. The highest BCUT2D eigenvalue weighted by Gasteiger charge is 2.31. The molecule has 1 heterocycles. The summed E-state index contributed by atoms with van der Waals surface area (Å²) < 4.78 is 39.1. The van der Waals surface area contributed by atoms with Crippen molar-refractivity contribution in [3.05, 3.63) is 29.0 Å². The summed E-state index contributed by atoms with van der Waals surface area (Å²) in [6.07, 6.45) is 0.446. The number of nitrogens with one attached hydrogen (secondary N) is 1. The summed E-state index contributed by atoms with van der Waals surface area (Å²) in [4.78, 5) is 11.1. The lowest BCUT2D eigenvalue weighted by Gasteiger charge is -2.11. The third kappa shape index (κ3) is 2.85. The van der Waals surface area contributed by atoms with Crippen LogP contribution >= 0.6 is 23.4 Å². The molecule has 98 valence electrons. The zero-order valence-electron chi connectivity index (χ0n) is 9.02. The monoisotopic (exact) mass is 309 g/mol. The molecule has 1 fully saturated rings. The topological polar surface area (TPSA) is 63.2 Å². The van der Waals surface area contributed by atoms with Crippen molar-refractivity contribution < 1.29 is 17.6 Å². The van der Waals surface area contributed by atoms with Gasteiger partial charge in [0.05, 0.1) is 11.1 Å². The summed E-state index contributed by atoms with van der Waals surface area (Å²) in [5.74, 6) is -0.0326. The highest BCUT2D eigenvalue weighted by molar-refractivity contribution is 8.14. The van der Waals surface area contributed by atoms with Crippen molar-refractivity contribution in [3.8, 4) is 0 Å². The Hall–Kier alpha value is -0.630. The van der Waals surface area contributed by atoms with E-state index in [1.54, 1.807) is 0 Å². The molecule has 1 atom stereocenters. The van der Waals surface area contributed by atoms with Crippen molar-refractivity contribution in [2.45, 2.75) is 17.4 Å². The Bertz CT molecular complexity index is 591. The molecular formula is C10H9ClFNO3S2. The second-order valence-electron chi connectivity index (χ2n) is 3.70. The first kappa shape index (κ1) is 13.8. The maximum Gasteiger partial charge on any atom is 0.242 e. The van der Waals surface area contributed by atoms with Crippen LogP contribution in [0, 0.1) is 5.82 Å². The van der Waals surface area contributed by atoms with Crippen LogP contribution in [0.3, 0.4) is 0 Å². The molecule has 0 amide bonds. The minimum Gasteiger partial charge on any atom is -0.285 e. The fourth-order valence-corrected chi connectivity index (χ4v) is 4.32. The van der Waals surface area contributed by atoms with Crippen LogP contribution in [0.25, 0.3) is 0 Å². The lowest BCUT2D eigenvalue weighted by Crippen LogP contribution is -2.37. The number of hydrogen-bond donors (Lipinski definition) is 1. The fraction of sp³-hybridized carbons (Fsp3) is 0.300. The average Bonchev–Trinajstić information content (AvgIpc) is 2.63. The molecule has 0 saturated carbocycles. The molecule has 1 aliphatic rings. The third-order valence-corrected chi connectivity index (χ3v) is 5.38. The van der Waals surface area contributed by atoms with Gasteiger partial charge in [-0.3, -0.25) is 4.79 Å². The Morgan fingerprint density at radius 1 is 1.44 bits per heavy atom. The van der Waals surface area contributed by atoms with Gasteiger partial charge >= 0.3 is 0 Å². The van der Waals surface area contributed by atoms with E-state index in [-0.39, 0.29) is 15.0 Å². The molecule has 0 radical (unpaired) electrons. The number of carbonyl (C=O) groups is 1. The van der Waals surface area contributed by atoms with Crippen molar-refractivity contribution in [1.82, 2.24) is 4.72 Å². The van der Waals surface area contributed by atoms with Gasteiger partial charge in [0.1, 0.15) is 10.7 Å². The summed E-state index contributed by atoms with van der Waals surface area (Å²) in [7, 11) is -3.91. The highest BCUT2D eigenvalue weighted by Crippen LogP contribution is 2.25. The van der Waals surface area contributed by atoms with E-state index in [9.17, 15) is 17.6 Å². The van der Waals surface area contributed by atoms with Crippen LogP contribution in [0.4, 0.5) is 4.39 Å². The minimum atomic E-state index is -3.91. The largest absolute Gasteiger partial charge is 0.285 e. The number of hydrogen-bond acceptors (Lipinski definition) is 4. The molecule has 1 aromatic rings. The normalized spacial score (nSPS) is 20.3. The SMILES string of the molecule is O=C1SCCC1NS(=O)(=O)c1ccc(F)cc1Cl. The predicted octanol–water partition coefficient (Wildman–Crippen LogP) is 1.79. The van der Waals surface area contributed by atoms with Gasteiger partial charge < -0.3 is 0 Å². The summed E-state index contributed by atoms with van der Waals surface area (Å²) in [5.41, 5.74) is 0. The highest BCUT2D eigenvalue weighted by atomic mass is 35.5. The molecule has 18 heavy (non-hydrogen) atoms. The Balaban J connectivity index is 2.28. The lowest BCUT2D eigenvalue weighted by molar-refractivity contribution is -0.111. The van der Waals surface area contributed by atoms with Crippen molar-refractivity contribution in [2.24, 2.45) is 0 Å². The number of carbonyl (C=O) groups excluding carboxylic acids is 1. The van der Waals surface area contributed by atoms with Gasteiger partial charge in [-0.25, -0.2) is 12.8 Å². The van der Waals surface area contributed by atoms with Crippen LogP contribution in [-0.2, 0) is 14.8 Å². The molecule has 0 aromatic heterocycles. The molecule has 1 aliphatic heterocycles. The number of benzene rings is 1. The van der Waals surface area contributed by atoms with E-state index in [1.165, 1.54) is 0 Å². The summed E-state index contributed by atoms with van der Waals surface area (Å²) >= 11 is 6.78. The summed E-state index contributed by atoms with van der Waals surface area (Å²) in [6, 6.07) is 2.26. The van der Waals surface area contributed by atoms with Crippen LogP contribution in [0.2, 0.25) is 5.02 Å². The summed E-state index contributed by atoms with van der Waals surface area (Å²) in [5, 5.41) is -0.419. The predicted molar refractivity (Wildman–Crippen MR) is 67.6 cm³/mol. The molecule has 1 saturated heterocycles. The Morgan fingerprint density at radius 3 is 2.72 bits per heavy atom. The molecular weight excluding hydrogens is 301 g/mol. The van der Waals surface area contributed by atoms with E-state index in [4.69, 9.17) is 11.6 Å². The van der Waals surface area contributed by atoms with Crippen LogP contribution in [0.5, 0.6) is 0 Å². The molecule has 0 spiro atoms. The van der Waals surface area contributed by atoms with Gasteiger partial charge in [-0.2, -0.15) is 4.72 Å². The minimum absolute atomic E-state index is 0.208. The smallest absolute Gasteiger partial charge is 0.242 e. The summed E-state index contributed by atoms with van der Waals surface area (Å²) in [6.45, 7) is 0. The molecule has 1 aromatic carbocycles. The first-order valence-corrected chi connectivity index (χ1v) is 7.89. The molecule has 1 unspecified atom stereocenters. The third-order valence-electron chi connectivity index (χ3n) is 2.42. The zero-order valence-corrected chi connectivity index (χ0v) is 11.4. The Labute approximate surface area is 113 Å². The van der Waals surface area contributed by atoms with E-state index in [2.05, 4.69) is 4.72 Å². The molecule has 1 N–H and O–H groups in total. The van der Waals surface area contributed by atoms with Gasteiger partial charge in [0.25, 0.3) is 0 Å². The maximum absolute atomic E-state index is 12.8. The molecule has 0 aliphatic carbocycles. The molecule has 0 bridgehead atoms. The van der Waals surface area contributed by atoms with Crippen molar-refractivity contribution in [1.29, 1.82) is 0 Å². The molecule has 4 nitrogen and oxygen atoms in total. The quantitative estimate of drug-likeness (QED) is 0.924. The van der Waals surface area contributed by atoms with E-state index in [1.807, 2.05) is 0 Å². The Kier molecular flexibility index (Phi) is 3.96. The van der Waals surface area contributed by atoms with Gasteiger partial charge in [-0.05, 0) is 24.6 Å².